The molecule has 21 heavy (non-hydrogen) atoms. The van der Waals surface area contributed by atoms with Crippen molar-refractivity contribution in [2.24, 2.45) is 0 Å². The molecule has 0 bridgehead atoms. The fourth-order valence-corrected chi connectivity index (χ4v) is 2.08. The van der Waals surface area contributed by atoms with Gasteiger partial charge in [-0.15, -0.1) is 0 Å². The molecule has 0 aliphatic carbocycles. The Morgan fingerprint density at radius 2 is 2.14 bits per heavy atom. The zero-order chi connectivity index (χ0) is 15.7. The van der Waals surface area contributed by atoms with Crippen molar-refractivity contribution in [3.8, 4) is 0 Å². The minimum Gasteiger partial charge on any atom is -0.462 e. The number of hydrogen-bond donors (Lipinski definition) is 2. The van der Waals surface area contributed by atoms with E-state index in [2.05, 4.69) is 29.0 Å². The molecule has 0 fully saturated rings. The highest BCUT2D eigenvalue weighted by Gasteiger charge is 2.14. The van der Waals surface area contributed by atoms with Gasteiger partial charge in [0.15, 0.2) is 0 Å². The number of carbonyl (C=O) groups excluding carboxylic acids is 1. The number of aromatic nitrogens is 1. The van der Waals surface area contributed by atoms with E-state index in [9.17, 15) is 4.79 Å². The molecule has 1 aromatic rings. The van der Waals surface area contributed by atoms with Gasteiger partial charge in [0.05, 0.1) is 17.9 Å². The SMILES string of the molecule is CCCN(CC)CCNc1nccc(C(=O)OCC)c1N. The maximum Gasteiger partial charge on any atom is 0.340 e. The zero-order valence-electron chi connectivity index (χ0n) is 13.2. The Balaban J connectivity index is 2.63. The number of esters is 1. The molecular formula is C15H26N4O2. The molecule has 0 spiro atoms. The zero-order valence-corrected chi connectivity index (χ0v) is 13.2. The molecule has 0 saturated carbocycles. The Labute approximate surface area is 126 Å². The lowest BCUT2D eigenvalue weighted by Gasteiger charge is -2.20. The first-order valence-corrected chi connectivity index (χ1v) is 7.51. The molecule has 1 heterocycles. The summed E-state index contributed by atoms with van der Waals surface area (Å²) < 4.78 is 4.97. The van der Waals surface area contributed by atoms with Gasteiger partial charge in [-0.25, -0.2) is 9.78 Å². The molecule has 1 aromatic heterocycles. The van der Waals surface area contributed by atoms with Gasteiger partial charge in [-0.3, -0.25) is 0 Å². The number of nitrogens with zero attached hydrogens (tertiary/aromatic N) is 2. The standard InChI is InChI=1S/C15H26N4O2/c1-4-10-19(5-2)11-9-18-14-13(16)12(7-8-17-14)15(20)21-6-3/h7-8H,4-6,9-11,16H2,1-3H3,(H,17,18). The molecule has 6 heteroatoms. The molecule has 6 nitrogen and oxygen atoms in total. The summed E-state index contributed by atoms with van der Waals surface area (Å²) in [5.41, 5.74) is 6.68. The minimum absolute atomic E-state index is 0.325. The number of carbonyl (C=O) groups is 1. The minimum atomic E-state index is -0.415. The van der Waals surface area contributed by atoms with Gasteiger partial charge in [-0.2, -0.15) is 0 Å². The topological polar surface area (TPSA) is 80.5 Å². The molecule has 118 valence electrons. The summed E-state index contributed by atoms with van der Waals surface area (Å²) in [6.45, 7) is 10.1. The monoisotopic (exact) mass is 294 g/mol. The van der Waals surface area contributed by atoms with Crippen molar-refractivity contribution in [1.29, 1.82) is 0 Å². The number of nitrogens with one attached hydrogen (secondary N) is 1. The first-order chi connectivity index (χ1) is 10.1. The molecule has 0 radical (unpaired) electrons. The summed E-state index contributed by atoms with van der Waals surface area (Å²) in [6, 6.07) is 1.58. The second kappa shape index (κ2) is 9.18. The van der Waals surface area contributed by atoms with Gasteiger partial charge in [0.2, 0.25) is 0 Å². The van der Waals surface area contributed by atoms with Crippen LogP contribution in [0.15, 0.2) is 12.3 Å². The van der Waals surface area contributed by atoms with Crippen LogP contribution in [0.5, 0.6) is 0 Å². The number of anilines is 2. The number of nitrogens with two attached hydrogens (primary N) is 1. The van der Waals surface area contributed by atoms with E-state index in [0.29, 0.717) is 23.7 Å². The van der Waals surface area contributed by atoms with Gasteiger partial charge < -0.3 is 20.7 Å². The molecule has 0 amide bonds. The summed E-state index contributed by atoms with van der Waals surface area (Å²) in [4.78, 5) is 18.3. The van der Waals surface area contributed by atoms with E-state index in [1.807, 2.05) is 0 Å². The quantitative estimate of drug-likeness (QED) is 0.678. The number of ether oxygens (including phenoxy) is 1. The largest absolute Gasteiger partial charge is 0.462 e. The van der Waals surface area contributed by atoms with Crippen LogP contribution in [0.2, 0.25) is 0 Å². The highest BCUT2D eigenvalue weighted by Crippen LogP contribution is 2.20. The summed E-state index contributed by atoms with van der Waals surface area (Å²) in [5, 5.41) is 3.19. The van der Waals surface area contributed by atoms with Crippen molar-refractivity contribution in [3.63, 3.8) is 0 Å². The van der Waals surface area contributed by atoms with Crippen LogP contribution in [-0.4, -0.2) is 48.6 Å². The molecule has 0 saturated heterocycles. The van der Waals surface area contributed by atoms with E-state index in [-0.39, 0.29) is 0 Å². The van der Waals surface area contributed by atoms with Crippen LogP contribution >= 0.6 is 0 Å². The van der Waals surface area contributed by atoms with Gasteiger partial charge in [0.25, 0.3) is 0 Å². The Bertz CT molecular complexity index is 451. The highest BCUT2D eigenvalue weighted by atomic mass is 16.5. The van der Waals surface area contributed by atoms with E-state index in [1.54, 1.807) is 19.2 Å². The molecular weight excluding hydrogens is 268 g/mol. The van der Waals surface area contributed by atoms with Crippen LogP contribution in [-0.2, 0) is 4.74 Å². The van der Waals surface area contributed by atoms with Crippen molar-refractivity contribution < 1.29 is 9.53 Å². The summed E-state index contributed by atoms with van der Waals surface area (Å²) in [7, 11) is 0. The third kappa shape index (κ3) is 5.23. The third-order valence-electron chi connectivity index (χ3n) is 3.19. The molecule has 0 aliphatic rings. The predicted octanol–water partition coefficient (Wildman–Crippen LogP) is 1.98. The average Bonchev–Trinajstić information content (AvgIpc) is 2.48. The van der Waals surface area contributed by atoms with Crippen LogP contribution in [0.25, 0.3) is 0 Å². The third-order valence-corrected chi connectivity index (χ3v) is 3.19. The number of nitrogen functional groups attached to an aromatic ring is 1. The Morgan fingerprint density at radius 1 is 1.38 bits per heavy atom. The lowest BCUT2D eigenvalue weighted by molar-refractivity contribution is 0.0527. The van der Waals surface area contributed by atoms with E-state index in [0.717, 1.165) is 32.6 Å². The van der Waals surface area contributed by atoms with Gasteiger partial charge in [-0.05, 0) is 32.5 Å². The molecule has 0 unspecified atom stereocenters. The Morgan fingerprint density at radius 3 is 2.76 bits per heavy atom. The fraction of sp³-hybridized carbons (Fsp3) is 0.600. The molecule has 0 aliphatic heterocycles. The van der Waals surface area contributed by atoms with Crippen molar-refractivity contribution in [2.75, 3.05) is 43.8 Å². The van der Waals surface area contributed by atoms with E-state index >= 15 is 0 Å². The number of hydrogen-bond acceptors (Lipinski definition) is 6. The number of rotatable bonds is 9. The van der Waals surface area contributed by atoms with Crippen molar-refractivity contribution in [3.05, 3.63) is 17.8 Å². The second-order valence-electron chi connectivity index (χ2n) is 4.70. The van der Waals surface area contributed by atoms with Gasteiger partial charge in [0.1, 0.15) is 5.82 Å². The molecule has 0 aromatic carbocycles. The normalized spacial score (nSPS) is 10.7. The maximum atomic E-state index is 11.8. The molecule has 1 rings (SSSR count). The molecule has 3 N–H and O–H groups in total. The number of likely N-dealkylation sites (N-methyl/N-ethyl adjacent to an activating group) is 1. The first kappa shape index (κ1) is 17.2. The summed E-state index contributed by atoms with van der Waals surface area (Å²) in [5.74, 6) is 0.120. The lowest BCUT2D eigenvalue weighted by atomic mass is 10.2. The Hall–Kier alpha value is -1.82. The van der Waals surface area contributed by atoms with Crippen molar-refractivity contribution >= 4 is 17.5 Å². The van der Waals surface area contributed by atoms with Crippen molar-refractivity contribution in [1.82, 2.24) is 9.88 Å². The Kier molecular flexibility index (Phi) is 7.53. The van der Waals surface area contributed by atoms with E-state index in [1.165, 1.54) is 0 Å². The van der Waals surface area contributed by atoms with Gasteiger partial charge in [0, 0.05) is 19.3 Å². The van der Waals surface area contributed by atoms with Gasteiger partial charge in [-0.1, -0.05) is 13.8 Å². The van der Waals surface area contributed by atoms with Crippen LogP contribution < -0.4 is 11.1 Å². The van der Waals surface area contributed by atoms with Crippen LogP contribution in [0, 0.1) is 0 Å². The van der Waals surface area contributed by atoms with Gasteiger partial charge >= 0.3 is 5.97 Å². The smallest absolute Gasteiger partial charge is 0.340 e. The first-order valence-electron chi connectivity index (χ1n) is 7.51. The summed E-state index contributed by atoms with van der Waals surface area (Å²) in [6.07, 6.45) is 2.70. The molecule has 0 atom stereocenters. The fourth-order valence-electron chi connectivity index (χ4n) is 2.08. The lowest BCUT2D eigenvalue weighted by Crippen LogP contribution is -2.30. The van der Waals surface area contributed by atoms with Crippen LogP contribution in [0.1, 0.15) is 37.6 Å². The predicted molar refractivity (Wildman–Crippen MR) is 85.5 cm³/mol. The average molecular weight is 294 g/mol. The van der Waals surface area contributed by atoms with Crippen molar-refractivity contribution in [2.45, 2.75) is 27.2 Å². The van der Waals surface area contributed by atoms with Crippen LogP contribution in [0.4, 0.5) is 11.5 Å². The van der Waals surface area contributed by atoms with Crippen LogP contribution in [0.3, 0.4) is 0 Å². The highest BCUT2D eigenvalue weighted by molar-refractivity contribution is 5.97. The summed E-state index contributed by atoms with van der Waals surface area (Å²) >= 11 is 0. The second-order valence-corrected chi connectivity index (χ2v) is 4.70. The van der Waals surface area contributed by atoms with E-state index in [4.69, 9.17) is 10.5 Å². The van der Waals surface area contributed by atoms with E-state index < -0.39 is 5.97 Å². The number of pyridine rings is 1. The maximum absolute atomic E-state index is 11.8.